The van der Waals surface area contributed by atoms with Crippen molar-refractivity contribution in [2.75, 3.05) is 0 Å². The number of halogens is 1. The lowest BCUT2D eigenvalue weighted by Gasteiger charge is -2.41. The molecule has 186 valence electrons. The van der Waals surface area contributed by atoms with Crippen molar-refractivity contribution in [2.24, 2.45) is 5.41 Å². The molecule has 1 heteroatoms. The summed E-state index contributed by atoms with van der Waals surface area (Å²) >= 11 is 0. The summed E-state index contributed by atoms with van der Waals surface area (Å²) in [7, 11) is 0. The van der Waals surface area contributed by atoms with Crippen molar-refractivity contribution in [1.29, 1.82) is 0 Å². The second-order valence-corrected chi connectivity index (χ2v) is 12.6. The molecule has 0 radical (unpaired) electrons. The molecule has 0 amide bonds. The Balaban J connectivity index is 1.40. The zero-order valence-corrected chi connectivity index (χ0v) is 22.5. The summed E-state index contributed by atoms with van der Waals surface area (Å²) in [5.74, 6) is 0.276. The van der Waals surface area contributed by atoms with E-state index < -0.39 is 0 Å². The van der Waals surface area contributed by atoms with Crippen LogP contribution < -0.4 is 0 Å². The van der Waals surface area contributed by atoms with E-state index in [9.17, 15) is 0 Å². The molecule has 0 bridgehead atoms. The zero-order valence-electron chi connectivity index (χ0n) is 22.5. The molecular formula is C36H35F. The van der Waals surface area contributed by atoms with Crippen molar-refractivity contribution in [3.63, 3.8) is 0 Å². The van der Waals surface area contributed by atoms with Crippen LogP contribution >= 0.6 is 0 Å². The highest BCUT2D eigenvalue weighted by Gasteiger charge is 2.37. The quantitative estimate of drug-likeness (QED) is 0.218. The average molecular weight is 487 g/mol. The van der Waals surface area contributed by atoms with E-state index >= 15 is 4.39 Å². The summed E-state index contributed by atoms with van der Waals surface area (Å²) in [6.45, 7) is 11.5. The monoisotopic (exact) mass is 486 g/mol. The summed E-state index contributed by atoms with van der Waals surface area (Å²) in [6.07, 6.45) is 1.91. The molecule has 1 atom stereocenters. The van der Waals surface area contributed by atoms with Gasteiger partial charge in [-0.15, -0.1) is 0 Å². The predicted molar refractivity (Wildman–Crippen MR) is 156 cm³/mol. The van der Waals surface area contributed by atoms with Crippen LogP contribution in [-0.2, 0) is 18.3 Å². The minimum atomic E-state index is -0.124. The van der Waals surface area contributed by atoms with Crippen LogP contribution in [0.1, 0.15) is 62.8 Å². The second kappa shape index (κ2) is 8.55. The Kier molecular flexibility index (Phi) is 5.53. The number of hydrogen-bond acceptors (Lipinski definition) is 0. The second-order valence-electron chi connectivity index (χ2n) is 12.6. The molecule has 0 N–H and O–H groups in total. The molecule has 5 aromatic rings. The largest absolute Gasteiger partial charge is 0.206 e. The minimum Gasteiger partial charge on any atom is -0.206 e. The topological polar surface area (TPSA) is 0 Å². The van der Waals surface area contributed by atoms with Crippen LogP contribution in [0.15, 0.2) is 91.0 Å². The molecular weight excluding hydrogens is 451 g/mol. The first-order valence-corrected chi connectivity index (χ1v) is 13.4. The van der Waals surface area contributed by atoms with Crippen LogP contribution in [0.5, 0.6) is 0 Å². The van der Waals surface area contributed by atoms with Gasteiger partial charge in [0.2, 0.25) is 0 Å². The Hall–Kier alpha value is -3.45. The normalized spacial score (nSPS) is 17.2. The highest BCUT2D eigenvalue weighted by molar-refractivity contribution is 6.09. The molecule has 0 fully saturated rings. The zero-order chi connectivity index (χ0) is 25.9. The van der Waals surface area contributed by atoms with E-state index in [1.54, 1.807) is 6.07 Å². The van der Waals surface area contributed by atoms with Crippen molar-refractivity contribution in [3.05, 3.63) is 119 Å². The molecule has 37 heavy (non-hydrogen) atoms. The molecule has 0 heterocycles. The lowest BCUT2D eigenvalue weighted by molar-refractivity contribution is 0.264. The molecule has 5 aromatic carbocycles. The first kappa shape index (κ1) is 23.9. The minimum absolute atomic E-state index is 0.0537. The van der Waals surface area contributed by atoms with Crippen molar-refractivity contribution < 1.29 is 4.39 Å². The number of benzene rings is 5. The van der Waals surface area contributed by atoms with Crippen LogP contribution in [-0.4, -0.2) is 0 Å². The van der Waals surface area contributed by atoms with E-state index in [0.717, 1.165) is 29.0 Å². The molecule has 0 saturated carbocycles. The van der Waals surface area contributed by atoms with Gasteiger partial charge in [0, 0.05) is 5.39 Å². The van der Waals surface area contributed by atoms with Crippen molar-refractivity contribution in [2.45, 2.75) is 58.8 Å². The lowest BCUT2D eigenvalue weighted by atomic mass is 9.63. The SMILES string of the molecule is CC(C)(C)c1ccc(-c2cccc(C3Cc4ccc5c(cc(F)c6ccccc65)c4CC3(C)C)c2)cc1. The molecule has 0 aromatic heterocycles. The lowest BCUT2D eigenvalue weighted by Crippen LogP contribution is -2.31. The maximum Gasteiger partial charge on any atom is 0.131 e. The van der Waals surface area contributed by atoms with Gasteiger partial charge in [-0.05, 0) is 85.2 Å². The van der Waals surface area contributed by atoms with Crippen molar-refractivity contribution in [1.82, 2.24) is 0 Å². The van der Waals surface area contributed by atoms with Gasteiger partial charge in [0.1, 0.15) is 5.82 Å². The maximum atomic E-state index is 15.1. The third-order valence-corrected chi connectivity index (χ3v) is 8.57. The van der Waals surface area contributed by atoms with Gasteiger partial charge in [-0.1, -0.05) is 120 Å². The Morgan fingerprint density at radius 2 is 1.41 bits per heavy atom. The molecule has 0 spiro atoms. The predicted octanol–water partition coefficient (Wildman–Crippen LogP) is 10.0. The summed E-state index contributed by atoms with van der Waals surface area (Å²) in [5, 5.41) is 3.94. The van der Waals surface area contributed by atoms with Crippen LogP contribution in [0.2, 0.25) is 0 Å². The summed E-state index contributed by atoms with van der Waals surface area (Å²) in [6, 6.07) is 32.3. The Morgan fingerprint density at radius 3 is 2.14 bits per heavy atom. The highest BCUT2D eigenvalue weighted by atomic mass is 19.1. The Labute approximate surface area is 220 Å². The van der Waals surface area contributed by atoms with Gasteiger partial charge in [-0.25, -0.2) is 4.39 Å². The van der Waals surface area contributed by atoms with E-state index in [-0.39, 0.29) is 16.6 Å². The van der Waals surface area contributed by atoms with Gasteiger partial charge in [-0.2, -0.15) is 0 Å². The van der Waals surface area contributed by atoms with Gasteiger partial charge in [0.15, 0.2) is 0 Å². The third kappa shape index (κ3) is 4.15. The van der Waals surface area contributed by atoms with Gasteiger partial charge >= 0.3 is 0 Å². The molecule has 0 nitrogen and oxygen atoms in total. The standard InChI is InChI=1S/C36H35F/c1-35(2,3)27-16-13-23(14-17-27)24-9-8-10-26(19-24)33-20-25-15-18-29-28-11-6-7-12-30(28)34(37)21-31(29)32(25)22-36(33,4)5/h6-19,21,33H,20,22H2,1-5H3. The first-order chi connectivity index (χ1) is 17.6. The first-order valence-electron chi connectivity index (χ1n) is 13.4. The van der Waals surface area contributed by atoms with Crippen molar-refractivity contribution >= 4 is 21.5 Å². The van der Waals surface area contributed by atoms with Crippen LogP contribution in [0, 0.1) is 11.2 Å². The van der Waals surface area contributed by atoms with Gasteiger partial charge < -0.3 is 0 Å². The fraction of sp³-hybridized carbons (Fsp3) is 0.278. The number of rotatable bonds is 2. The van der Waals surface area contributed by atoms with Gasteiger partial charge in [0.25, 0.3) is 0 Å². The summed E-state index contributed by atoms with van der Waals surface area (Å²) in [4.78, 5) is 0. The molecule has 0 saturated heterocycles. The fourth-order valence-electron chi connectivity index (χ4n) is 6.38. The van der Waals surface area contributed by atoms with E-state index in [0.29, 0.717) is 11.3 Å². The maximum absolute atomic E-state index is 15.1. The highest BCUT2D eigenvalue weighted by Crippen LogP contribution is 2.48. The van der Waals surface area contributed by atoms with Crippen LogP contribution in [0.3, 0.4) is 0 Å². The fourth-order valence-corrected chi connectivity index (χ4v) is 6.38. The third-order valence-electron chi connectivity index (χ3n) is 8.57. The number of hydrogen-bond donors (Lipinski definition) is 0. The smallest absolute Gasteiger partial charge is 0.131 e. The summed E-state index contributed by atoms with van der Waals surface area (Å²) in [5.41, 5.74) is 8.15. The van der Waals surface area contributed by atoms with Crippen LogP contribution in [0.25, 0.3) is 32.7 Å². The van der Waals surface area contributed by atoms with Gasteiger partial charge in [0.05, 0.1) is 0 Å². The molecule has 0 aliphatic heterocycles. The van der Waals surface area contributed by atoms with Crippen molar-refractivity contribution in [3.8, 4) is 11.1 Å². The van der Waals surface area contributed by atoms with E-state index in [1.807, 2.05) is 24.3 Å². The Morgan fingerprint density at radius 1 is 0.703 bits per heavy atom. The summed E-state index contributed by atoms with van der Waals surface area (Å²) < 4.78 is 15.1. The Bertz CT molecular complexity index is 1630. The van der Waals surface area contributed by atoms with Crippen LogP contribution in [0.4, 0.5) is 4.39 Å². The molecule has 1 unspecified atom stereocenters. The van der Waals surface area contributed by atoms with E-state index in [2.05, 4.69) is 95.3 Å². The molecule has 6 rings (SSSR count). The average Bonchev–Trinajstić information content (AvgIpc) is 2.88. The molecule has 1 aliphatic rings. The van der Waals surface area contributed by atoms with Gasteiger partial charge in [-0.3, -0.25) is 0 Å². The van der Waals surface area contributed by atoms with E-state index in [1.165, 1.54) is 33.4 Å². The van der Waals surface area contributed by atoms with E-state index in [4.69, 9.17) is 0 Å². The molecule has 1 aliphatic carbocycles. The number of fused-ring (bicyclic) bond motifs is 5.